The van der Waals surface area contributed by atoms with Crippen molar-refractivity contribution in [3.05, 3.63) is 11.4 Å². The number of aromatic nitrogens is 2. The second-order valence-electron chi connectivity index (χ2n) is 5.37. The molecule has 0 radical (unpaired) electrons. The Morgan fingerprint density at radius 2 is 1.85 bits per heavy atom. The molecule has 1 aromatic rings. The van der Waals surface area contributed by atoms with Crippen molar-refractivity contribution in [3.8, 4) is 0 Å². The zero-order valence-electron chi connectivity index (χ0n) is 14.0. The van der Waals surface area contributed by atoms with Crippen LogP contribution < -0.4 is 10.2 Å². The molecule has 0 aliphatic carbocycles. The van der Waals surface area contributed by atoms with Gasteiger partial charge in [-0.3, -0.25) is 0 Å². The molecule has 20 heavy (non-hydrogen) atoms. The van der Waals surface area contributed by atoms with Crippen LogP contribution in [-0.2, 0) is 6.42 Å². The Morgan fingerprint density at radius 3 is 2.35 bits per heavy atom. The SMILES string of the molecule is CCNc1nc(CC)nc(N(CC)CC(C)CC)c1C. The maximum atomic E-state index is 4.77. The predicted molar refractivity (Wildman–Crippen MR) is 87.7 cm³/mol. The Morgan fingerprint density at radius 1 is 1.15 bits per heavy atom. The summed E-state index contributed by atoms with van der Waals surface area (Å²) in [5.41, 5.74) is 1.16. The number of nitrogens with zero attached hydrogens (tertiary/aromatic N) is 3. The Balaban J connectivity index is 3.15. The topological polar surface area (TPSA) is 41.1 Å². The summed E-state index contributed by atoms with van der Waals surface area (Å²) in [4.78, 5) is 11.8. The van der Waals surface area contributed by atoms with E-state index in [1.807, 2.05) is 0 Å². The van der Waals surface area contributed by atoms with Crippen LogP contribution in [0.25, 0.3) is 0 Å². The molecule has 0 bridgehead atoms. The van der Waals surface area contributed by atoms with Gasteiger partial charge in [-0.15, -0.1) is 0 Å². The van der Waals surface area contributed by atoms with Gasteiger partial charge in [-0.05, 0) is 26.7 Å². The highest BCUT2D eigenvalue weighted by Gasteiger charge is 2.16. The third-order valence-corrected chi connectivity index (χ3v) is 3.74. The van der Waals surface area contributed by atoms with E-state index in [0.717, 1.165) is 49.1 Å². The van der Waals surface area contributed by atoms with Crippen molar-refractivity contribution in [2.75, 3.05) is 29.9 Å². The van der Waals surface area contributed by atoms with Gasteiger partial charge in [-0.25, -0.2) is 9.97 Å². The zero-order chi connectivity index (χ0) is 15.1. The number of anilines is 2. The molecule has 1 rings (SSSR count). The fourth-order valence-electron chi connectivity index (χ4n) is 2.23. The highest BCUT2D eigenvalue weighted by Crippen LogP contribution is 2.24. The maximum absolute atomic E-state index is 4.77. The Kier molecular flexibility index (Phi) is 6.76. The van der Waals surface area contributed by atoms with Crippen molar-refractivity contribution in [1.82, 2.24) is 9.97 Å². The number of hydrogen-bond donors (Lipinski definition) is 1. The molecule has 4 heteroatoms. The van der Waals surface area contributed by atoms with Crippen LogP contribution in [0.15, 0.2) is 0 Å². The quantitative estimate of drug-likeness (QED) is 0.788. The third kappa shape index (κ3) is 4.09. The van der Waals surface area contributed by atoms with E-state index < -0.39 is 0 Å². The van der Waals surface area contributed by atoms with Gasteiger partial charge < -0.3 is 10.2 Å². The Labute approximate surface area is 124 Å². The van der Waals surface area contributed by atoms with Crippen molar-refractivity contribution in [2.24, 2.45) is 5.92 Å². The van der Waals surface area contributed by atoms with Crippen LogP contribution in [0.1, 0.15) is 52.4 Å². The van der Waals surface area contributed by atoms with Crippen LogP contribution in [-0.4, -0.2) is 29.6 Å². The maximum Gasteiger partial charge on any atom is 0.137 e. The van der Waals surface area contributed by atoms with Gasteiger partial charge >= 0.3 is 0 Å². The van der Waals surface area contributed by atoms with E-state index >= 15 is 0 Å². The first kappa shape index (κ1) is 16.7. The summed E-state index contributed by atoms with van der Waals surface area (Å²) >= 11 is 0. The fourth-order valence-corrected chi connectivity index (χ4v) is 2.23. The summed E-state index contributed by atoms with van der Waals surface area (Å²) in [5, 5.41) is 3.36. The molecule has 1 heterocycles. The first-order valence-electron chi connectivity index (χ1n) is 7.93. The third-order valence-electron chi connectivity index (χ3n) is 3.74. The van der Waals surface area contributed by atoms with Crippen molar-refractivity contribution in [3.63, 3.8) is 0 Å². The minimum absolute atomic E-state index is 0.678. The van der Waals surface area contributed by atoms with E-state index in [1.165, 1.54) is 6.42 Å². The van der Waals surface area contributed by atoms with E-state index in [2.05, 4.69) is 56.7 Å². The average Bonchev–Trinajstić information content (AvgIpc) is 2.47. The standard InChI is InChI=1S/C16H30N4/c1-7-12(5)11-20(10-4)16-13(6)15(17-9-3)18-14(8-2)19-16/h12H,7-11H2,1-6H3,(H,17,18,19). The Bertz CT molecular complexity index is 417. The van der Waals surface area contributed by atoms with Crippen LogP contribution in [0.4, 0.5) is 11.6 Å². The Hall–Kier alpha value is -1.32. The second kappa shape index (κ2) is 8.08. The van der Waals surface area contributed by atoms with E-state index in [9.17, 15) is 0 Å². The van der Waals surface area contributed by atoms with Gasteiger partial charge in [0.15, 0.2) is 0 Å². The summed E-state index contributed by atoms with van der Waals surface area (Å²) in [6, 6.07) is 0. The summed E-state index contributed by atoms with van der Waals surface area (Å²) in [7, 11) is 0. The number of hydrogen-bond acceptors (Lipinski definition) is 4. The summed E-state index contributed by atoms with van der Waals surface area (Å²) in [6.45, 7) is 16.0. The predicted octanol–water partition coefficient (Wildman–Crippen LogP) is 3.65. The molecule has 4 nitrogen and oxygen atoms in total. The van der Waals surface area contributed by atoms with Gasteiger partial charge in [-0.2, -0.15) is 0 Å². The molecule has 1 unspecified atom stereocenters. The van der Waals surface area contributed by atoms with Crippen LogP contribution in [0.5, 0.6) is 0 Å². The fraction of sp³-hybridized carbons (Fsp3) is 0.750. The van der Waals surface area contributed by atoms with Gasteiger partial charge in [0.25, 0.3) is 0 Å². The van der Waals surface area contributed by atoms with Crippen molar-refractivity contribution in [1.29, 1.82) is 0 Å². The highest BCUT2D eigenvalue weighted by molar-refractivity contribution is 5.58. The molecule has 0 fully saturated rings. The molecule has 0 saturated carbocycles. The molecule has 0 aromatic carbocycles. The van der Waals surface area contributed by atoms with Crippen molar-refractivity contribution >= 4 is 11.6 Å². The van der Waals surface area contributed by atoms with Gasteiger partial charge in [0, 0.05) is 31.6 Å². The molecule has 1 atom stereocenters. The summed E-state index contributed by atoms with van der Waals surface area (Å²) in [5.74, 6) is 3.67. The zero-order valence-corrected chi connectivity index (χ0v) is 14.0. The molecule has 0 saturated heterocycles. The molecule has 0 aliphatic heterocycles. The van der Waals surface area contributed by atoms with Crippen LogP contribution >= 0.6 is 0 Å². The van der Waals surface area contributed by atoms with E-state index in [0.29, 0.717) is 5.92 Å². The summed E-state index contributed by atoms with van der Waals surface area (Å²) in [6.07, 6.45) is 2.06. The molecule has 1 N–H and O–H groups in total. The number of rotatable bonds is 8. The first-order chi connectivity index (χ1) is 9.57. The average molecular weight is 278 g/mol. The van der Waals surface area contributed by atoms with Crippen LogP contribution in [0.2, 0.25) is 0 Å². The smallest absolute Gasteiger partial charge is 0.137 e. The minimum Gasteiger partial charge on any atom is -0.370 e. The molecular weight excluding hydrogens is 248 g/mol. The lowest BCUT2D eigenvalue weighted by molar-refractivity contribution is 0.544. The van der Waals surface area contributed by atoms with Gasteiger partial charge in [0.1, 0.15) is 17.5 Å². The van der Waals surface area contributed by atoms with Crippen molar-refractivity contribution in [2.45, 2.75) is 54.4 Å². The van der Waals surface area contributed by atoms with E-state index in [4.69, 9.17) is 4.98 Å². The van der Waals surface area contributed by atoms with Gasteiger partial charge in [-0.1, -0.05) is 27.2 Å². The monoisotopic (exact) mass is 278 g/mol. The molecule has 114 valence electrons. The lowest BCUT2D eigenvalue weighted by Gasteiger charge is -2.27. The van der Waals surface area contributed by atoms with Crippen LogP contribution in [0.3, 0.4) is 0 Å². The molecular formula is C16H30N4. The highest BCUT2D eigenvalue weighted by atomic mass is 15.2. The van der Waals surface area contributed by atoms with E-state index in [1.54, 1.807) is 0 Å². The molecule has 0 amide bonds. The van der Waals surface area contributed by atoms with Crippen LogP contribution in [0, 0.1) is 12.8 Å². The van der Waals surface area contributed by atoms with Crippen molar-refractivity contribution < 1.29 is 0 Å². The molecule has 0 aliphatic rings. The lowest BCUT2D eigenvalue weighted by atomic mass is 10.1. The number of aryl methyl sites for hydroxylation is 1. The molecule has 0 spiro atoms. The normalized spacial score (nSPS) is 12.3. The second-order valence-corrected chi connectivity index (χ2v) is 5.37. The largest absolute Gasteiger partial charge is 0.370 e. The molecule has 1 aromatic heterocycles. The van der Waals surface area contributed by atoms with E-state index in [-0.39, 0.29) is 0 Å². The first-order valence-corrected chi connectivity index (χ1v) is 7.93. The lowest BCUT2D eigenvalue weighted by Crippen LogP contribution is -2.30. The van der Waals surface area contributed by atoms with Gasteiger partial charge in [0.05, 0.1) is 0 Å². The van der Waals surface area contributed by atoms with Gasteiger partial charge in [0.2, 0.25) is 0 Å². The minimum atomic E-state index is 0.678. The number of nitrogens with one attached hydrogen (secondary N) is 1. The summed E-state index contributed by atoms with van der Waals surface area (Å²) < 4.78 is 0.